The maximum Gasteiger partial charge on any atom is 0.237 e. The predicted octanol–water partition coefficient (Wildman–Crippen LogP) is 3.83. The van der Waals surface area contributed by atoms with E-state index in [1.165, 1.54) is 22.5 Å². The van der Waals surface area contributed by atoms with Crippen LogP contribution in [0.1, 0.15) is 29.4 Å². The molecule has 160 valence electrons. The van der Waals surface area contributed by atoms with Crippen molar-refractivity contribution in [2.75, 3.05) is 11.2 Å². The standard InChI is InChI=1S/C21H21ClN6O2S/c1-12-5-4-6-13(2)19(12)30-11-18-26-27-21(28(18)24)31-14(3)20(29)25-16-8-7-15(10-23)17(22)9-16/h4-9,14H,11,24H2,1-3H3,(H,25,29). The lowest BCUT2D eigenvalue weighted by atomic mass is 10.1. The Morgan fingerprint density at radius 1 is 1.32 bits per heavy atom. The molecule has 2 aromatic carbocycles. The van der Waals surface area contributed by atoms with E-state index in [0.29, 0.717) is 22.2 Å². The summed E-state index contributed by atoms with van der Waals surface area (Å²) < 4.78 is 7.20. The Labute approximate surface area is 189 Å². The number of carbonyl (C=O) groups excluding carboxylic acids is 1. The fourth-order valence-corrected chi connectivity index (χ4v) is 3.80. The van der Waals surface area contributed by atoms with Gasteiger partial charge in [0.1, 0.15) is 18.4 Å². The summed E-state index contributed by atoms with van der Waals surface area (Å²) >= 11 is 7.18. The van der Waals surface area contributed by atoms with Gasteiger partial charge in [0.25, 0.3) is 0 Å². The van der Waals surface area contributed by atoms with Crippen molar-refractivity contribution in [1.82, 2.24) is 14.9 Å². The number of nitriles is 1. The van der Waals surface area contributed by atoms with Crippen LogP contribution in [0.3, 0.4) is 0 Å². The Bertz CT molecular complexity index is 1140. The Kier molecular flexibility index (Phi) is 7.05. The van der Waals surface area contributed by atoms with E-state index in [-0.39, 0.29) is 17.5 Å². The van der Waals surface area contributed by atoms with Gasteiger partial charge in [-0.15, -0.1) is 10.2 Å². The molecule has 0 aliphatic heterocycles. The van der Waals surface area contributed by atoms with Crippen LogP contribution in [-0.2, 0) is 11.4 Å². The summed E-state index contributed by atoms with van der Waals surface area (Å²) in [6, 6.07) is 12.6. The molecule has 0 spiro atoms. The number of rotatable bonds is 7. The first kappa shape index (κ1) is 22.5. The number of nitrogen functional groups attached to an aromatic ring is 1. The summed E-state index contributed by atoms with van der Waals surface area (Å²) in [5.41, 5.74) is 2.88. The van der Waals surface area contributed by atoms with E-state index in [1.807, 2.05) is 38.1 Å². The number of benzene rings is 2. The van der Waals surface area contributed by atoms with Crippen molar-refractivity contribution in [3.05, 3.63) is 63.9 Å². The smallest absolute Gasteiger partial charge is 0.237 e. The zero-order valence-corrected chi connectivity index (χ0v) is 18.8. The molecule has 0 aliphatic carbocycles. The van der Waals surface area contributed by atoms with Crippen molar-refractivity contribution in [2.45, 2.75) is 37.8 Å². The van der Waals surface area contributed by atoms with Crippen molar-refractivity contribution < 1.29 is 9.53 Å². The molecule has 0 fully saturated rings. The molecule has 3 N–H and O–H groups in total. The van der Waals surface area contributed by atoms with Gasteiger partial charge in [0.2, 0.25) is 11.1 Å². The molecule has 1 amide bonds. The number of ether oxygens (including phenoxy) is 1. The van der Waals surface area contributed by atoms with Gasteiger partial charge in [-0.25, -0.2) is 4.68 Å². The van der Waals surface area contributed by atoms with Crippen LogP contribution in [0.5, 0.6) is 5.75 Å². The topological polar surface area (TPSA) is 119 Å². The molecule has 31 heavy (non-hydrogen) atoms. The molecule has 1 atom stereocenters. The number of para-hydroxylation sites is 1. The third-order valence-corrected chi connectivity index (χ3v) is 5.87. The second-order valence-corrected chi connectivity index (χ2v) is 8.55. The zero-order valence-electron chi connectivity index (χ0n) is 17.2. The maximum atomic E-state index is 12.5. The lowest BCUT2D eigenvalue weighted by molar-refractivity contribution is -0.115. The van der Waals surface area contributed by atoms with Gasteiger partial charge < -0.3 is 15.9 Å². The molecule has 0 aliphatic rings. The Morgan fingerprint density at radius 2 is 2.03 bits per heavy atom. The molecular formula is C21H21ClN6O2S. The number of amides is 1. The van der Waals surface area contributed by atoms with Gasteiger partial charge in [0.15, 0.2) is 5.82 Å². The number of halogens is 1. The van der Waals surface area contributed by atoms with Crippen LogP contribution in [0.4, 0.5) is 5.69 Å². The van der Waals surface area contributed by atoms with Gasteiger partial charge in [-0.3, -0.25) is 4.79 Å². The summed E-state index contributed by atoms with van der Waals surface area (Å²) in [7, 11) is 0. The molecule has 0 saturated heterocycles. The van der Waals surface area contributed by atoms with Crippen molar-refractivity contribution in [2.24, 2.45) is 0 Å². The molecule has 1 aromatic heterocycles. The minimum atomic E-state index is -0.506. The summed E-state index contributed by atoms with van der Waals surface area (Å²) in [6.45, 7) is 5.82. The first-order valence-electron chi connectivity index (χ1n) is 9.35. The Morgan fingerprint density at radius 3 is 2.68 bits per heavy atom. The monoisotopic (exact) mass is 456 g/mol. The summed E-state index contributed by atoms with van der Waals surface area (Å²) in [5.74, 6) is 7.07. The lowest BCUT2D eigenvalue weighted by Gasteiger charge is -2.13. The third-order valence-electron chi connectivity index (χ3n) is 4.50. The van der Waals surface area contributed by atoms with Crippen LogP contribution in [0, 0.1) is 25.2 Å². The van der Waals surface area contributed by atoms with E-state index >= 15 is 0 Å². The van der Waals surface area contributed by atoms with E-state index in [0.717, 1.165) is 16.9 Å². The van der Waals surface area contributed by atoms with Gasteiger partial charge in [-0.05, 0) is 50.1 Å². The number of aryl methyl sites for hydroxylation is 2. The summed E-state index contributed by atoms with van der Waals surface area (Å²) in [5, 5.41) is 20.0. The average Bonchev–Trinajstić information content (AvgIpc) is 3.07. The highest BCUT2D eigenvalue weighted by Crippen LogP contribution is 2.26. The van der Waals surface area contributed by atoms with Gasteiger partial charge in [0.05, 0.1) is 15.8 Å². The fourth-order valence-electron chi connectivity index (χ4n) is 2.79. The first-order valence-corrected chi connectivity index (χ1v) is 10.6. The van der Waals surface area contributed by atoms with Gasteiger partial charge in [0, 0.05) is 5.69 Å². The molecule has 0 bridgehead atoms. The van der Waals surface area contributed by atoms with E-state index in [2.05, 4.69) is 15.5 Å². The highest BCUT2D eigenvalue weighted by atomic mass is 35.5. The van der Waals surface area contributed by atoms with Crippen LogP contribution in [0.2, 0.25) is 5.02 Å². The number of nitrogens with one attached hydrogen (secondary N) is 1. The fraction of sp³-hybridized carbons (Fsp3) is 0.238. The van der Waals surface area contributed by atoms with Crippen molar-refractivity contribution in [1.29, 1.82) is 5.26 Å². The Hall–Kier alpha value is -3.22. The largest absolute Gasteiger partial charge is 0.485 e. The molecule has 0 saturated carbocycles. The van der Waals surface area contributed by atoms with Crippen LogP contribution in [0.25, 0.3) is 0 Å². The lowest BCUT2D eigenvalue weighted by Crippen LogP contribution is -2.24. The van der Waals surface area contributed by atoms with E-state index < -0.39 is 5.25 Å². The number of hydrogen-bond donors (Lipinski definition) is 2. The highest BCUT2D eigenvalue weighted by molar-refractivity contribution is 8.00. The number of carbonyl (C=O) groups is 1. The Balaban J connectivity index is 1.62. The quantitative estimate of drug-likeness (QED) is 0.409. The minimum absolute atomic E-state index is 0.153. The van der Waals surface area contributed by atoms with Gasteiger partial charge in [-0.1, -0.05) is 41.6 Å². The number of nitrogens with two attached hydrogens (primary N) is 1. The normalized spacial score (nSPS) is 11.6. The van der Waals surface area contributed by atoms with Crippen molar-refractivity contribution in [3.8, 4) is 11.8 Å². The van der Waals surface area contributed by atoms with E-state index in [4.69, 9.17) is 27.4 Å². The molecule has 1 unspecified atom stereocenters. The van der Waals surface area contributed by atoms with E-state index in [1.54, 1.807) is 19.1 Å². The molecule has 8 nitrogen and oxygen atoms in total. The SMILES string of the molecule is Cc1cccc(C)c1OCc1nnc(SC(C)C(=O)Nc2ccc(C#N)c(Cl)c2)n1N. The molecule has 0 radical (unpaired) electrons. The highest BCUT2D eigenvalue weighted by Gasteiger charge is 2.20. The molecule has 3 rings (SSSR count). The van der Waals surface area contributed by atoms with Crippen LogP contribution in [0.15, 0.2) is 41.6 Å². The van der Waals surface area contributed by atoms with Crippen molar-refractivity contribution >= 4 is 35.0 Å². The number of hydrogen-bond acceptors (Lipinski definition) is 7. The number of aromatic nitrogens is 3. The van der Waals surface area contributed by atoms with Crippen molar-refractivity contribution in [3.63, 3.8) is 0 Å². The summed E-state index contributed by atoms with van der Waals surface area (Å²) in [4.78, 5) is 12.5. The number of anilines is 1. The second kappa shape index (κ2) is 9.73. The third kappa shape index (κ3) is 5.29. The van der Waals surface area contributed by atoms with Gasteiger partial charge >= 0.3 is 0 Å². The van der Waals surface area contributed by atoms with Crippen LogP contribution >= 0.6 is 23.4 Å². The van der Waals surface area contributed by atoms with Gasteiger partial charge in [-0.2, -0.15) is 5.26 Å². The summed E-state index contributed by atoms with van der Waals surface area (Å²) in [6.07, 6.45) is 0. The predicted molar refractivity (Wildman–Crippen MR) is 121 cm³/mol. The second-order valence-electron chi connectivity index (χ2n) is 6.83. The number of nitrogens with zero attached hydrogens (tertiary/aromatic N) is 4. The molecular weight excluding hydrogens is 436 g/mol. The molecule has 10 heteroatoms. The minimum Gasteiger partial charge on any atom is -0.485 e. The van der Waals surface area contributed by atoms with Crippen LogP contribution in [-0.4, -0.2) is 26.0 Å². The van der Waals surface area contributed by atoms with Crippen LogP contribution < -0.4 is 15.9 Å². The molecule has 3 aromatic rings. The maximum absolute atomic E-state index is 12.5. The number of thioether (sulfide) groups is 1. The van der Waals surface area contributed by atoms with E-state index in [9.17, 15) is 4.79 Å². The first-order chi connectivity index (χ1) is 14.8. The average molecular weight is 457 g/mol. The molecule has 1 heterocycles. The zero-order chi connectivity index (χ0) is 22.5.